The van der Waals surface area contributed by atoms with Crippen LogP contribution < -0.4 is 9.47 Å². The molecule has 14 nitrogen and oxygen atoms in total. The lowest BCUT2D eigenvalue weighted by Gasteiger charge is -2.32. The summed E-state index contributed by atoms with van der Waals surface area (Å²) < 4.78 is 76.6. The molecule has 292 valence electrons. The number of aryl methyl sites for hydroxylation is 3. The van der Waals surface area contributed by atoms with Crippen molar-refractivity contribution >= 4 is 21.6 Å². The number of aromatic nitrogens is 5. The van der Waals surface area contributed by atoms with Crippen LogP contribution in [0.25, 0.3) is 5.65 Å². The number of halogens is 2. The second kappa shape index (κ2) is 16.2. The van der Waals surface area contributed by atoms with Gasteiger partial charge in [0.2, 0.25) is 27.6 Å². The van der Waals surface area contributed by atoms with E-state index in [4.69, 9.17) is 19.2 Å². The fourth-order valence-corrected chi connectivity index (χ4v) is 8.62. The van der Waals surface area contributed by atoms with Crippen LogP contribution in [0.1, 0.15) is 84.9 Å². The molecule has 54 heavy (non-hydrogen) atoms. The zero-order chi connectivity index (χ0) is 38.8. The van der Waals surface area contributed by atoms with Crippen molar-refractivity contribution in [1.29, 1.82) is 0 Å². The third kappa shape index (κ3) is 8.04. The Balaban J connectivity index is 1.37. The number of ether oxygens (including phenoxy) is 3. The van der Waals surface area contributed by atoms with Crippen LogP contribution in [0, 0.1) is 26.2 Å². The smallest absolute Gasteiger partial charge is 0.310 e. The SMILES string of the molecule is Cc1ccc([C@H](c2ccn3c(C(F)F)nnc3c2C)C(C)(C)C(=O)O)nc1CN1CCCOCCOc2nc(OCCN3CCCC3)c(C)cc2S1(=O)=O. The van der Waals surface area contributed by atoms with Crippen molar-refractivity contribution in [1.82, 2.24) is 33.8 Å². The number of hydrogen-bond acceptors (Lipinski definition) is 11. The summed E-state index contributed by atoms with van der Waals surface area (Å²) in [5, 5.41) is 18.1. The monoisotopic (exact) mass is 771 g/mol. The van der Waals surface area contributed by atoms with Crippen LogP contribution in [0.3, 0.4) is 0 Å². The molecular formula is C37H47F2N7O7S. The van der Waals surface area contributed by atoms with Crippen molar-refractivity contribution in [3.63, 3.8) is 0 Å². The molecule has 6 heterocycles. The first-order valence-electron chi connectivity index (χ1n) is 18.1. The van der Waals surface area contributed by atoms with E-state index in [1.807, 2.05) is 0 Å². The summed E-state index contributed by atoms with van der Waals surface area (Å²) in [6, 6.07) is 6.60. The van der Waals surface area contributed by atoms with E-state index in [0.717, 1.165) is 32.5 Å². The molecule has 0 unspecified atom stereocenters. The van der Waals surface area contributed by atoms with E-state index in [1.54, 1.807) is 52.8 Å². The van der Waals surface area contributed by atoms with Crippen molar-refractivity contribution in [2.45, 2.75) is 77.7 Å². The topological polar surface area (TPSA) is 162 Å². The van der Waals surface area contributed by atoms with Gasteiger partial charge in [0.05, 0.1) is 24.3 Å². The second-order valence-corrected chi connectivity index (χ2v) is 16.3. The van der Waals surface area contributed by atoms with Gasteiger partial charge in [-0.3, -0.25) is 19.1 Å². The molecule has 0 radical (unpaired) electrons. The maximum Gasteiger partial charge on any atom is 0.310 e. The number of fused-ring (bicyclic) bond motifs is 2. The van der Waals surface area contributed by atoms with E-state index < -0.39 is 39.6 Å². The normalized spacial score (nSPS) is 17.9. The Bertz CT molecular complexity index is 2110. The molecule has 0 bridgehead atoms. The highest BCUT2D eigenvalue weighted by atomic mass is 32.2. The van der Waals surface area contributed by atoms with Crippen molar-refractivity contribution in [3.8, 4) is 11.8 Å². The Labute approximate surface area is 313 Å². The first-order valence-corrected chi connectivity index (χ1v) is 19.5. The first-order chi connectivity index (χ1) is 25.7. The Morgan fingerprint density at radius 1 is 1.00 bits per heavy atom. The molecule has 1 fully saturated rings. The van der Waals surface area contributed by atoms with Gasteiger partial charge in [-0.05, 0) is 102 Å². The molecule has 6 rings (SSSR count). The van der Waals surface area contributed by atoms with E-state index in [-0.39, 0.29) is 42.7 Å². The van der Waals surface area contributed by atoms with E-state index in [2.05, 4.69) is 20.1 Å². The van der Waals surface area contributed by atoms with Crippen molar-refractivity contribution in [2.24, 2.45) is 5.41 Å². The largest absolute Gasteiger partial charge is 0.481 e. The molecule has 1 saturated heterocycles. The molecule has 4 aromatic rings. The van der Waals surface area contributed by atoms with Crippen LogP contribution in [-0.4, -0.2) is 106 Å². The van der Waals surface area contributed by atoms with Crippen LogP contribution in [0.15, 0.2) is 35.4 Å². The van der Waals surface area contributed by atoms with Gasteiger partial charge in [-0.2, -0.15) is 9.29 Å². The minimum Gasteiger partial charge on any atom is -0.481 e. The average molecular weight is 772 g/mol. The van der Waals surface area contributed by atoms with E-state index in [9.17, 15) is 27.1 Å². The standard InChI is InChI=1S/C37H47F2N7O7S/c1-23-9-10-27(30(37(4,5)36(47)48)26-11-15-46-32(25(26)3)42-43-33(46)31(38)39)40-28(23)22-45-14-8-17-51-19-20-53-35-29(54(45,49)50)21-24(2)34(41-35)52-18-16-44-12-6-7-13-44/h9-11,15,21,30-31H,6-8,12-14,16-20,22H2,1-5H3,(H,47,48)/t30-/m0/s1. The Morgan fingerprint density at radius 2 is 1.76 bits per heavy atom. The first kappa shape index (κ1) is 39.4. The maximum atomic E-state index is 14.6. The van der Waals surface area contributed by atoms with Crippen LogP contribution in [0.4, 0.5) is 8.78 Å². The molecule has 2 aliphatic heterocycles. The molecule has 1 N–H and O–H groups in total. The van der Waals surface area contributed by atoms with Gasteiger partial charge in [0.15, 0.2) is 5.65 Å². The lowest BCUT2D eigenvalue weighted by molar-refractivity contribution is -0.147. The molecule has 1 atom stereocenters. The van der Waals surface area contributed by atoms with Gasteiger partial charge in [-0.15, -0.1) is 10.2 Å². The van der Waals surface area contributed by atoms with E-state index >= 15 is 0 Å². The van der Waals surface area contributed by atoms with Gasteiger partial charge in [0.25, 0.3) is 6.43 Å². The summed E-state index contributed by atoms with van der Waals surface area (Å²) in [5.74, 6) is -2.30. The van der Waals surface area contributed by atoms with Crippen LogP contribution >= 0.6 is 0 Å². The van der Waals surface area contributed by atoms with Crippen molar-refractivity contribution in [2.75, 3.05) is 52.6 Å². The van der Waals surface area contributed by atoms with Gasteiger partial charge >= 0.3 is 5.97 Å². The molecule has 0 aliphatic carbocycles. The number of sulfonamides is 1. The quantitative estimate of drug-likeness (QED) is 0.216. The second-order valence-electron chi connectivity index (χ2n) is 14.4. The van der Waals surface area contributed by atoms with Gasteiger partial charge in [-0.25, -0.2) is 17.2 Å². The van der Waals surface area contributed by atoms with Crippen LogP contribution in [-0.2, 0) is 26.1 Å². The summed E-state index contributed by atoms with van der Waals surface area (Å²) >= 11 is 0. The Kier molecular flexibility index (Phi) is 11.8. The average Bonchev–Trinajstić information content (AvgIpc) is 3.81. The number of carboxylic acid groups (broad SMARTS) is 1. The van der Waals surface area contributed by atoms with Gasteiger partial charge < -0.3 is 19.3 Å². The predicted octanol–water partition coefficient (Wildman–Crippen LogP) is 5.09. The molecule has 0 spiro atoms. The molecule has 0 aromatic carbocycles. The maximum absolute atomic E-state index is 14.6. The number of rotatable bonds is 11. The van der Waals surface area contributed by atoms with Gasteiger partial charge in [0.1, 0.15) is 18.1 Å². The lowest BCUT2D eigenvalue weighted by Crippen LogP contribution is -2.35. The van der Waals surface area contributed by atoms with E-state index in [0.29, 0.717) is 59.2 Å². The summed E-state index contributed by atoms with van der Waals surface area (Å²) in [4.78, 5) is 24.5. The predicted molar refractivity (Wildman–Crippen MR) is 194 cm³/mol. The molecular weight excluding hydrogens is 725 g/mol. The number of hydrogen-bond donors (Lipinski definition) is 1. The van der Waals surface area contributed by atoms with Gasteiger partial charge in [0, 0.05) is 43.1 Å². The van der Waals surface area contributed by atoms with Crippen LogP contribution in [0.5, 0.6) is 11.8 Å². The molecule has 17 heteroatoms. The minimum absolute atomic E-state index is 0.0803. The Hall–Kier alpha value is -4.32. The summed E-state index contributed by atoms with van der Waals surface area (Å²) in [6.07, 6.45) is 1.26. The third-order valence-corrected chi connectivity index (χ3v) is 12.1. The lowest BCUT2D eigenvalue weighted by atomic mass is 9.72. The summed E-state index contributed by atoms with van der Waals surface area (Å²) in [7, 11) is -4.24. The van der Waals surface area contributed by atoms with Crippen molar-refractivity contribution in [3.05, 3.63) is 69.9 Å². The fourth-order valence-electron chi connectivity index (χ4n) is 7.03. The molecule has 0 amide bonds. The highest BCUT2D eigenvalue weighted by Crippen LogP contribution is 2.43. The number of alkyl halides is 2. The van der Waals surface area contributed by atoms with Crippen molar-refractivity contribution < 1.29 is 41.3 Å². The van der Waals surface area contributed by atoms with E-state index in [1.165, 1.54) is 21.0 Å². The molecule has 4 aromatic heterocycles. The number of carbonyl (C=O) groups is 1. The number of likely N-dealkylation sites (tertiary alicyclic amines) is 1. The number of nitrogens with zero attached hydrogens (tertiary/aromatic N) is 7. The van der Waals surface area contributed by atoms with Crippen LogP contribution in [0.2, 0.25) is 0 Å². The van der Waals surface area contributed by atoms with Gasteiger partial charge in [-0.1, -0.05) is 6.07 Å². The zero-order valence-electron chi connectivity index (χ0n) is 31.2. The summed E-state index contributed by atoms with van der Waals surface area (Å²) in [5.41, 5.74) is 1.70. The number of aliphatic carboxylic acids is 1. The molecule has 0 saturated carbocycles. The Morgan fingerprint density at radius 3 is 2.48 bits per heavy atom. The number of carboxylic acids is 1. The minimum atomic E-state index is -4.24. The highest BCUT2D eigenvalue weighted by Gasteiger charge is 2.41. The zero-order valence-corrected chi connectivity index (χ0v) is 32.0. The highest BCUT2D eigenvalue weighted by molar-refractivity contribution is 7.89. The fraction of sp³-hybridized carbons (Fsp3) is 0.541. The summed E-state index contributed by atoms with van der Waals surface area (Å²) in [6.45, 7) is 12.1. The third-order valence-electron chi connectivity index (χ3n) is 10.2. The molecule has 2 aliphatic rings. The number of pyridine rings is 3.